The summed E-state index contributed by atoms with van der Waals surface area (Å²) < 4.78 is 38.0. The lowest BCUT2D eigenvalue weighted by Gasteiger charge is -2.44. The maximum Gasteiger partial charge on any atom is 0.338 e. The number of ether oxygens (including phenoxy) is 7. The zero-order valence-electron chi connectivity index (χ0n) is 24.6. The second kappa shape index (κ2) is 13.1. The van der Waals surface area contributed by atoms with Gasteiger partial charge in [0.25, 0.3) is 0 Å². The molecule has 1 heterocycles. The molecule has 1 saturated heterocycles. The van der Waals surface area contributed by atoms with Crippen LogP contribution in [0, 0.1) is 0 Å². The summed E-state index contributed by atoms with van der Waals surface area (Å²) in [5.41, 5.74) is -1.34. The first-order valence-electron chi connectivity index (χ1n) is 13.4. The minimum Gasteiger partial charge on any atom is -0.507 e. The highest BCUT2D eigenvalue weighted by Gasteiger charge is 2.54. The lowest BCUT2D eigenvalue weighted by molar-refractivity contribution is -0.288. The van der Waals surface area contributed by atoms with E-state index in [2.05, 4.69) is 0 Å². The summed E-state index contributed by atoms with van der Waals surface area (Å²) in [6.45, 7) is 3.65. The Morgan fingerprint density at radius 3 is 2.00 bits per heavy atom. The van der Waals surface area contributed by atoms with Gasteiger partial charge >= 0.3 is 29.8 Å². The van der Waals surface area contributed by atoms with Gasteiger partial charge in [-0.3, -0.25) is 28.8 Å². The van der Waals surface area contributed by atoms with Gasteiger partial charge in [0.05, 0.1) is 23.8 Å². The van der Waals surface area contributed by atoms with Crippen molar-refractivity contribution in [2.24, 2.45) is 0 Å². The molecule has 5 atom stereocenters. The number of carbonyl (C=O) groups is 7. The van der Waals surface area contributed by atoms with Crippen molar-refractivity contribution in [3.05, 3.63) is 58.1 Å². The van der Waals surface area contributed by atoms with E-state index in [0.717, 1.165) is 46.9 Å². The van der Waals surface area contributed by atoms with Crippen LogP contribution in [-0.2, 0) is 47.6 Å². The maximum atomic E-state index is 13.8. The van der Waals surface area contributed by atoms with E-state index >= 15 is 0 Å². The molecule has 15 heteroatoms. The van der Waals surface area contributed by atoms with Crippen LogP contribution in [0.1, 0.15) is 69.9 Å². The molecule has 1 aliphatic carbocycles. The molecule has 238 valence electrons. The Kier molecular flexibility index (Phi) is 9.51. The third kappa shape index (κ3) is 6.77. The van der Waals surface area contributed by atoms with Crippen LogP contribution in [0.4, 0.5) is 0 Å². The van der Waals surface area contributed by atoms with Crippen molar-refractivity contribution in [3.8, 4) is 11.5 Å². The highest BCUT2D eigenvalue weighted by atomic mass is 16.7. The normalized spacial score (nSPS) is 21.8. The molecule has 45 heavy (non-hydrogen) atoms. The number of phenols is 1. The van der Waals surface area contributed by atoms with E-state index in [9.17, 15) is 38.7 Å². The second-order valence-electron chi connectivity index (χ2n) is 9.93. The monoisotopic (exact) mass is 628 g/mol. The Bertz CT molecular complexity index is 1590. The third-order valence-corrected chi connectivity index (χ3v) is 6.70. The number of ketones is 2. The van der Waals surface area contributed by atoms with Crippen molar-refractivity contribution >= 4 is 41.4 Å². The first kappa shape index (κ1) is 32.6. The lowest BCUT2D eigenvalue weighted by Crippen LogP contribution is -2.63. The maximum absolute atomic E-state index is 13.8. The molecule has 0 unspecified atom stereocenters. The van der Waals surface area contributed by atoms with E-state index in [1.54, 1.807) is 0 Å². The number of methoxy groups -OCH3 is 1. The molecule has 2 aromatic rings. The van der Waals surface area contributed by atoms with E-state index in [0.29, 0.717) is 0 Å². The predicted molar refractivity (Wildman–Crippen MR) is 145 cm³/mol. The van der Waals surface area contributed by atoms with Crippen molar-refractivity contribution in [1.29, 1.82) is 0 Å². The van der Waals surface area contributed by atoms with Crippen LogP contribution in [0.15, 0.2) is 30.3 Å². The van der Waals surface area contributed by atoms with Crippen molar-refractivity contribution in [3.63, 3.8) is 0 Å². The van der Waals surface area contributed by atoms with Crippen LogP contribution in [0.5, 0.6) is 11.5 Å². The molecule has 0 aromatic heterocycles. The van der Waals surface area contributed by atoms with Crippen molar-refractivity contribution in [2.45, 2.75) is 58.4 Å². The van der Waals surface area contributed by atoms with E-state index < -0.39 is 90.2 Å². The first-order chi connectivity index (χ1) is 21.2. The van der Waals surface area contributed by atoms with Gasteiger partial charge in [0.2, 0.25) is 18.2 Å². The molecular formula is C30H28O15. The summed E-state index contributed by atoms with van der Waals surface area (Å²) >= 11 is 0. The Morgan fingerprint density at radius 2 is 1.40 bits per heavy atom. The molecular weight excluding hydrogens is 600 g/mol. The predicted octanol–water partition coefficient (Wildman–Crippen LogP) is 1.42. The molecule has 4 rings (SSSR count). The minimum atomic E-state index is -1.80. The number of esters is 5. The standard InChI is InChI=1S/C30H28O15/c1-12(31)40-11-21-26(41-13(2)32)27(42-14(3)33)28(43-15(4)34)30(45-21)44-20-10-16(29(38)39-5)9-18-23(20)25(37)22-17(24(18)36)7-6-8-19(22)35/h6-10,21,26-28,30,35H,11H2,1-5H3/t21-,26-,27+,28-,30-/m1/s1. The molecule has 1 N–H and O–H groups in total. The Labute approximate surface area is 255 Å². The fourth-order valence-corrected chi connectivity index (χ4v) is 5.00. The summed E-state index contributed by atoms with van der Waals surface area (Å²) in [5, 5.41) is 10.5. The molecule has 1 fully saturated rings. The highest BCUT2D eigenvalue weighted by Crippen LogP contribution is 2.40. The smallest absolute Gasteiger partial charge is 0.338 e. The second-order valence-corrected chi connectivity index (χ2v) is 9.93. The summed E-state index contributed by atoms with van der Waals surface area (Å²) in [6, 6.07) is 6.08. The van der Waals surface area contributed by atoms with E-state index in [4.69, 9.17) is 33.2 Å². The summed E-state index contributed by atoms with van der Waals surface area (Å²) in [7, 11) is 1.09. The molecule has 0 radical (unpaired) electrons. The van der Waals surface area contributed by atoms with Gasteiger partial charge in [-0.15, -0.1) is 0 Å². The van der Waals surface area contributed by atoms with Gasteiger partial charge in [0, 0.05) is 38.8 Å². The Morgan fingerprint density at radius 1 is 0.778 bits per heavy atom. The number of rotatable bonds is 8. The Hall–Kier alpha value is -5.31. The third-order valence-electron chi connectivity index (χ3n) is 6.70. The van der Waals surface area contributed by atoms with Gasteiger partial charge < -0.3 is 38.3 Å². The molecule has 2 aromatic carbocycles. The van der Waals surface area contributed by atoms with Crippen molar-refractivity contribution in [1.82, 2.24) is 0 Å². The zero-order chi connectivity index (χ0) is 33.2. The Balaban J connectivity index is 1.89. The zero-order valence-corrected chi connectivity index (χ0v) is 24.6. The van der Waals surface area contributed by atoms with Gasteiger partial charge in [-0.25, -0.2) is 4.79 Å². The van der Waals surface area contributed by atoms with Crippen LogP contribution < -0.4 is 4.74 Å². The number of aromatic hydroxyl groups is 1. The summed E-state index contributed by atoms with van der Waals surface area (Å²) in [4.78, 5) is 87.9. The lowest BCUT2D eigenvalue weighted by atomic mass is 9.82. The fourth-order valence-electron chi connectivity index (χ4n) is 5.00. The number of hydrogen-bond acceptors (Lipinski definition) is 15. The largest absolute Gasteiger partial charge is 0.507 e. The quantitative estimate of drug-likeness (QED) is 0.277. The van der Waals surface area contributed by atoms with Crippen LogP contribution >= 0.6 is 0 Å². The van der Waals surface area contributed by atoms with Gasteiger partial charge in [0.15, 0.2) is 18.0 Å². The molecule has 0 saturated carbocycles. The molecule has 0 amide bonds. The fraction of sp³-hybridized carbons (Fsp3) is 0.367. The van der Waals surface area contributed by atoms with E-state index in [-0.39, 0.29) is 27.8 Å². The number of carbonyl (C=O) groups excluding carboxylic acids is 7. The minimum absolute atomic E-state index is 0.132. The van der Waals surface area contributed by atoms with Gasteiger partial charge in [-0.05, 0) is 18.2 Å². The van der Waals surface area contributed by atoms with Crippen LogP contribution in [0.25, 0.3) is 0 Å². The molecule has 1 aliphatic heterocycles. The SMILES string of the molecule is COC(=O)c1cc(O[C@@H]2O[C@H](COC(C)=O)[C@@H](OC(C)=O)[C@H](OC(C)=O)[C@H]2OC(C)=O)c2c(c1)C(=O)c1cccc(O)c1C2=O. The van der Waals surface area contributed by atoms with Crippen molar-refractivity contribution < 1.29 is 71.8 Å². The number of benzene rings is 2. The van der Waals surface area contributed by atoms with Crippen molar-refractivity contribution in [2.75, 3.05) is 13.7 Å². The average molecular weight is 629 g/mol. The van der Waals surface area contributed by atoms with Gasteiger partial charge in [-0.2, -0.15) is 0 Å². The van der Waals surface area contributed by atoms with Crippen LogP contribution in [0.2, 0.25) is 0 Å². The topological polar surface area (TPSA) is 204 Å². The first-order valence-corrected chi connectivity index (χ1v) is 13.4. The van der Waals surface area contributed by atoms with Crippen LogP contribution in [-0.4, -0.2) is 90.9 Å². The van der Waals surface area contributed by atoms with Crippen LogP contribution in [0.3, 0.4) is 0 Å². The molecule has 0 spiro atoms. The van der Waals surface area contributed by atoms with Gasteiger partial charge in [0.1, 0.15) is 24.2 Å². The van der Waals surface area contributed by atoms with E-state index in [1.165, 1.54) is 18.2 Å². The molecule has 2 aliphatic rings. The highest BCUT2D eigenvalue weighted by molar-refractivity contribution is 6.30. The average Bonchev–Trinajstić information content (AvgIpc) is 2.96. The number of phenolic OH excluding ortho intramolecular Hbond substituents is 1. The summed E-state index contributed by atoms with van der Waals surface area (Å²) in [5.74, 6) is -6.83. The van der Waals surface area contributed by atoms with E-state index in [1.807, 2.05) is 0 Å². The number of fused-ring (bicyclic) bond motifs is 2. The van der Waals surface area contributed by atoms with Gasteiger partial charge in [-0.1, -0.05) is 12.1 Å². The summed E-state index contributed by atoms with van der Waals surface area (Å²) in [6.07, 6.45) is -7.96. The molecule has 0 bridgehead atoms. The number of hydrogen-bond donors (Lipinski definition) is 1. The molecule has 15 nitrogen and oxygen atoms in total.